The summed E-state index contributed by atoms with van der Waals surface area (Å²) in [6.07, 6.45) is 0. The molecule has 0 fully saturated rings. The van der Waals surface area contributed by atoms with Crippen LogP contribution in [0.5, 0.6) is 0 Å². The predicted octanol–water partition coefficient (Wildman–Crippen LogP) is 1.86. The number of nitrogens with two attached hydrogens (primary N) is 1. The topological polar surface area (TPSA) is 100 Å². The number of imidazole rings is 1. The number of benzene rings is 1. The van der Waals surface area contributed by atoms with Crippen molar-refractivity contribution in [2.24, 2.45) is 0 Å². The summed E-state index contributed by atoms with van der Waals surface area (Å²) in [6.45, 7) is 1.92. The minimum absolute atomic E-state index is 0.0448. The summed E-state index contributed by atoms with van der Waals surface area (Å²) in [6, 6.07) is 5.44. The highest BCUT2D eigenvalue weighted by atomic mass is 35.5. The quantitative estimate of drug-likeness (QED) is 0.631. The summed E-state index contributed by atoms with van der Waals surface area (Å²) in [4.78, 5) is 25.4. The Hall–Kier alpha value is -2.34. The molecule has 0 aliphatic carbocycles. The van der Waals surface area contributed by atoms with Crippen molar-refractivity contribution in [3.05, 3.63) is 39.1 Å². The van der Waals surface area contributed by atoms with Gasteiger partial charge >= 0.3 is 0 Å². The van der Waals surface area contributed by atoms with Crippen molar-refractivity contribution in [2.45, 2.75) is 6.92 Å². The number of aryl methyl sites for hydroxylation is 1. The van der Waals surface area contributed by atoms with Gasteiger partial charge in [0.1, 0.15) is 5.82 Å². The summed E-state index contributed by atoms with van der Waals surface area (Å²) in [5.41, 5.74) is 7.56. The molecule has 0 atom stereocenters. The van der Waals surface area contributed by atoms with Crippen LogP contribution in [0.25, 0.3) is 22.6 Å². The Bertz CT molecular complexity index is 836. The van der Waals surface area contributed by atoms with Crippen LogP contribution in [0.4, 0.5) is 5.95 Å². The van der Waals surface area contributed by atoms with Crippen molar-refractivity contribution in [1.29, 1.82) is 0 Å². The van der Waals surface area contributed by atoms with E-state index in [1.807, 2.05) is 19.1 Å². The highest BCUT2D eigenvalue weighted by Gasteiger charge is 2.11. The zero-order chi connectivity index (χ0) is 13.6. The van der Waals surface area contributed by atoms with Gasteiger partial charge in [0.15, 0.2) is 11.2 Å². The molecule has 3 rings (SSSR count). The van der Waals surface area contributed by atoms with Crippen molar-refractivity contribution < 1.29 is 0 Å². The van der Waals surface area contributed by atoms with E-state index in [-0.39, 0.29) is 11.5 Å². The molecule has 0 unspecified atom stereocenters. The second-order valence-corrected chi connectivity index (χ2v) is 4.63. The second-order valence-electron chi connectivity index (χ2n) is 4.19. The molecule has 0 radical (unpaired) electrons. The van der Waals surface area contributed by atoms with Crippen molar-refractivity contribution in [3.63, 3.8) is 0 Å². The molecule has 0 saturated carbocycles. The fraction of sp³-hybridized carbons (Fsp3) is 0.0833. The van der Waals surface area contributed by atoms with E-state index in [4.69, 9.17) is 17.3 Å². The van der Waals surface area contributed by atoms with Crippen LogP contribution in [0, 0.1) is 6.92 Å². The average Bonchev–Trinajstić information content (AvgIpc) is 2.72. The molecule has 0 spiro atoms. The summed E-state index contributed by atoms with van der Waals surface area (Å²) >= 11 is 5.91. The Morgan fingerprint density at radius 3 is 2.79 bits per heavy atom. The molecule has 4 N–H and O–H groups in total. The third-order valence-corrected chi connectivity index (χ3v) is 3.06. The summed E-state index contributed by atoms with van der Waals surface area (Å²) in [5.74, 6) is 0.608. The zero-order valence-electron chi connectivity index (χ0n) is 9.99. The highest BCUT2D eigenvalue weighted by Crippen LogP contribution is 2.24. The molecule has 96 valence electrons. The predicted molar refractivity (Wildman–Crippen MR) is 74.1 cm³/mol. The first-order valence-electron chi connectivity index (χ1n) is 5.56. The number of nitrogens with one attached hydrogen (secondary N) is 2. The molecule has 2 aromatic heterocycles. The number of nitrogens with zero attached hydrogens (tertiary/aromatic N) is 2. The minimum Gasteiger partial charge on any atom is -0.369 e. The Morgan fingerprint density at radius 2 is 2.05 bits per heavy atom. The number of aromatic nitrogens is 4. The number of halogens is 1. The second kappa shape index (κ2) is 4.10. The van der Waals surface area contributed by atoms with Gasteiger partial charge in [-0.2, -0.15) is 4.98 Å². The third-order valence-electron chi connectivity index (χ3n) is 2.82. The lowest BCUT2D eigenvalue weighted by Crippen LogP contribution is -2.10. The van der Waals surface area contributed by atoms with Crippen LogP contribution in [-0.2, 0) is 0 Å². The van der Waals surface area contributed by atoms with E-state index in [1.165, 1.54) is 0 Å². The molecule has 0 aliphatic rings. The van der Waals surface area contributed by atoms with Gasteiger partial charge in [0.05, 0.1) is 0 Å². The standard InChI is InChI=1S/C12H10ClN5O/c1-5-4-6(13)2-3-7(5)9-15-8-10(16-9)17-12(14)18-11(8)19/h2-4H,1H3,(H4,14,15,16,17,18,19). The van der Waals surface area contributed by atoms with Gasteiger partial charge in [0, 0.05) is 10.6 Å². The fourth-order valence-electron chi connectivity index (χ4n) is 1.94. The van der Waals surface area contributed by atoms with Crippen molar-refractivity contribution in [2.75, 3.05) is 5.73 Å². The molecule has 0 bridgehead atoms. The first kappa shape index (κ1) is 11.7. The molecule has 6 nitrogen and oxygen atoms in total. The van der Waals surface area contributed by atoms with E-state index >= 15 is 0 Å². The number of fused-ring (bicyclic) bond motifs is 1. The van der Waals surface area contributed by atoms with Crippen molar-refractivity contribution >= 4 is 28.7 Å². The van der Waals surface area contributed by atoms with Crippen LogP contribution >= 0.6 is 11.6 Å². The van der Waals surface area contributed by atoms with Crippen LogP contribution in [0.15, 0.2) is 23.0 Å². The summed E-state index contributed by atoms with van der Waals surface area (Å²) < 4.78 is 0. The Kier molecular flexibility index (Phi) is 2.53. The lowest BCUT2D eigenvalue weighted by atomic mass is 10.1. The van der Waals surface area contributed by atoms with E-state index in [0.29, 0.717) is 22.0 Å². The van der Waals surface area contributed by atoms with Gasteiger partial charge < -0.3 is 10.7 Å². The number of hydrogen-bond acceptors (Lipinski definition) is 4. The van der Waals surface area contributed by atoms with Gasteiger partial charge in [-0.3, -0.25) is 9.78 Å². The zero-order valence-corrected chi connectivity index (χ0v) is 10.7. The molecule has 0 aliphatic heterocycles. The molecule has 2 heterocycles. The summed E-state index contributed by atoms with van der Waals surface area (Å²) in [5, 5.41) is 0.651. The SMILES string of the molecule is Cc1cc(Cl)ccc1-c1nc2nc(N)[nH]c(=O)c2[nH]1. The van der Waals surface area contributed by atoms with Crippen LogP contribution in [0.3, 0.4) is 0 Å². The smallest absolute Gasteiger partial charge is 0.278 e. The van der Waals surface area contributed by atoms with Gasteiger partial charge in [-0.15, -0.1) is 0 Å². The number of rotatable bonds is 1. The van der Waals surface area contributed by atoms with E-state index < -0.39 is 0 Å². The monoisotopic (exact) mass is 275 g/mol. The van der Waals surface area contributed by atoms with Gasteiger partial charge in [-0.1, -0.05) is 11.6 Å². The fourth-order valence-corrected chi connectivity index (χ4v) is 2.17. The molecule has 0 saturated heterocycles. The van der Waals surface area contributed by atoms with E-state index in [2.05, 4.69) is 19.9 Å². The Morgan fingerprint density at radius 1 is 1.26 bits per heavy atom. The maximum absolute atomic E-state index is 11.7. The van der Waals surface area contributed by atoms with Crippen LogP contribution in [-0.4, -0.2) is 19.9 Å². The Labute approximate surface area is 112 Å². The van der Waals surface area contributed by atoms with Gasteiger partial charge in [-0.05, 0) is 30.7 Å². The molecule has 19 heavy (non-hydrogen) atoms. The van der Waals surface area contributed by atoms with Crippen molar-refractivity contribution in [3.8, 4) is 11.4 Å². The number of hydrogen-bond donors (Lipinski definition) is 3. The van der Waals surface area contributed by atoms with E-state index in [0.717, 1.165) is 11.1 Å². The normalized spacial score (nSPS) is 11.1. The number of anilines is 1. The molecule has 1 aromatic carbocycles. The lowest BCUT2D eigenvalue weighted by molar-refractivity contribution is 1.17. The largest absolute Gasteiger partial charge is 0.369 e. The van der Waals surface area contributed by atoms with E-state index in [9.17, 15) is 4.79 Å². The number of H-pyrrole nitrogens is 2. The average molecular weight is 276 g/mol. The van der Waals surface area contributed by atoms with Gasteiger partial charge in [0.25, 0.3) is 5.56 Å². The molecular formula is C12H10ClN5O. The van der Waals surface area contributed by atoms with Crippen LogP contribution in [0.1, 0.15) is 5.56 Å². The van der Waals surface area contributed by atoms with Gasteiger partial charge in [-0.25, -0.2) is 4.98 Å². The molecule has 0 amide bonds. The van der Waals surface area contributed by atoms with Crippen molar-refractivity contribution in [1.82, 2.24) is 19.9 Å². The van der Waals surface area contributed by atoms with Crippen LogP contribution in [0.2, 0.25) is 5.02 Å². The lowest BCUT2D eigenvalue weighted by Gasteiger charge is -2.01. The number of nitrogen functional groups attached to an aromatic ring is 1. The third kappa shape index (κ3) is 1.96. The first-order valence-corrected chi connectivity index (χ1v) is 5.94. The van der Waals surface area contributed by atoms with Gasteiger partial charge in [0.2, 0.25) is 5.95 Å². The maximum atomic E-state index is 11.7. The number of aromatic amines is 2. The maximum Gasteiger partial charge on any atom is 0.278 e. The Balaban J connectivity index is 2.26. The van der Waals surface area contributed by atoms with E-state index in [1.54, 1.807) is 6.07 Å². The first-order chi connectivity index (χ1) is 9.04. The summed E-state index contributed by atoms with van der Waals surface area (Å²) in [7, 11) is 0. The molecule has 3 aromatic rings. The highest BCUT2D eigenvalue weighted by molar-refractivity contribution is 6.30. The molecule has 7 heteroatoms. The minimum atomic E-state index is -0.340. The molecular weight excluding hydrogens is 266 g/mol. The van der Waals surface area contributed by atoms with Crippen LogP contribution < -0.4 is 11.3 Å².